The molecular formula is C19H25N5O3. The van der Waals surface area contributed by atoms with Gasteiger partial charge in [0.05, 0.1) is 18.8 Å². The lowest BCUT2D eigenvalue weighted by molar-refractivity contribution is 0.0937. The fraction of sp³-hybridized carbons (Fsp3) is 0.579. The van der Waals surface area contributed by atoms with Crippen LogP contribution >= 0.6 is 0 Å². The Hall–Kier alpha value is -2.48. The summed E-state index contributed by atoms with van der Waals surface area (Å²) in [6, 6.07) is 0.279. The lowest BCUT2D eigenvalue weighted by Crippen LogP contribution is -2.27. The second-order valence-electron chi connectivity index (χ2n) is 7.38. The fourth-order valence-electron chi connectivity index (χ4n) is 3.66. The maximum Gasteiger partial charge on any atom is 0.292 e. The molecule has 2 aromatic heterocycles. The molecule has 0 unspecified atom stereocenters. The van der Waals surface area contributed by atoms with Gasteiger partial charge in [-0.15, -0.1) is 0 Å². The average Bonchev–Trinajstić information content (AvgIpc) is 3.14. The van der Waals surface area contributed by atoms with Crippen molar-refractivity contribution in [3.05, 3.63) is 34.7 Å². The van der Waals surface area contributed by atoms with Gasteiger partial charge in [-0.05, 0) is 46.1 Å². The molecule has 1 atom stereocenters. The third-order valence-electron chi connectivity index (χ3n) is 5.31. The molecule has 2 aliphatic rings. The molecule has 4 rings (SSSR count). The zero-order valence-electron chi connectivity index (χ0n) is 16.0. The minimum absolute atomic E-state index is 0.00785. The largest absolute Gasteiger partial charge is 0.496 e. The van der Waals surface area contributed by atoms with E-state index in [2.05, 4.69) is 25.3 Å². The molecule has 27 heavy (non-hydrogen) atoms. The highest BCUT2D eigenvalue weighted by Crippen LogP contribution is 2.33. The molecule has 1 amide bonds. The molecule has 8 heteroatoms. The molecule has 0 radical (unpaired) electrons. The van der Waals surface area contributed by atoms with Crippen LogP contribution < -0.4 is 10.1 Å². The van der Waals surface area contributed by atoms with E-state index in [1.165, 1.54) is 0 Å². The van der Waals surface area contributed by atoms with Crippen molar-refractivity contribution < 1.29 is 14.1 Å². The third kappa shape index (κ3) is 3.66. The van der Waals surface area contributed by atoms with Gasteiger partial charge < -0.3 is 14.6 Å². The van der Waals surface area contributed by atoms with Gasteiger partial charge in [0.25, 0.3) is 11.7 Å². The van der Waals surface area contributed by atoms with Crippen LogP contribution in [0.3, 0.4) is 0 Å². The molecule has 1 aliphatic heterocycles. The van der Waals surface area contributed by atoms with E-state index >= 15 is 0 Å². The molecule has 0 aromatic carbocycles. The Morgan fingerprint density at radius 1 is 1.37 bits per heavy atom. The predicted molar refractivity (Wildman–Crippen MR) is 97.4 cm³/mol. The van der Waals surface area contributed by atoms with Gasteiger partial charge in [0.1, 0.15) is 5.75 Å². The molecule has 1 saturated heterocycles. The second-order valence-corrected chi connectivity index (χ2v) is 7.38. The Bertz CT molecular complexity index is 846. The van der Waals surface area contributed by atoms with Crippen molar-refractivity contribution in [3.63, 3.8) is 0 Å². The van der Waals surface area contributed by atoms with Gasteiger partial charge in [-0.25, -0.2) is 0 Å². The Morgan fingerprint density at radius 3 is 2.93 bits per heavy atom. The first-order chi connectivity index (χ1) is 13.1. The summed E-state index contributed by atoms with van der Waals surface area (Å²) in [7, 11) is 1.68. The molecule has 2 fully saturated rings. The van der Waals surface area contributed by atoms with E-state index in [9.17, 15) is 4.79 Å². The summed E-state index contributed by atoms with van der Waals surface area (Å²) >= 11 is 0. The Kier molecular flexibility index (Phi) is 4.82. The van der Waals surface area contributed by atoms with Crippen LogP contribution in [0.4, 0.5) is 0 Å². The van der Waals surface area contributed by atoms with Crippen LogP contribution in [-0.4, -0.2) is 45.6 Å². The number of nitrogens with one attached hydrogen (secondary N) is 1. The predicted octanol–water partition coefficient (Wildman–Crippen LogP) is 2.32. The van der Waals surface area contributed by atoms with Gasteiger partial charge in [0.2, 0.25) is 5.89 Å². The monoisotopic (exact) mass is 371 g/mol. The summed E-state index contributed by atoms with van der Waals surface area (Å²) in [6.45, 7) is 5.63. The first-order valence-corrected chi connectivity index (χ1v) is 9.44. The van der Waals surface area contributed by atoms with Crippen LogP contribution in [0.15, 0.2) is 10.7 Å². The van der Waals surface area contributed by atoms with Gasteiger partial charge in [-0.1, -0.05) is 5.16 Å². The lowest BCUT2D eigenvalue weighted by Gasteiger charge is -2.22. The average molecular weight is 371 g/mol. The van der Waals surface area contributed by atoms with Crippen LogP contribution in [0.25, 0.3) is 0 Å². The van der Waals surface area contributed by atoms with Crippen molar-refractivity contribution in [2.24, 2.45) is 0 Å². The quantitative estimate of drug-likeness (QED) is 0.833. The number of pyridine rings is 1. The molecule has 0 spiro atoms. The SMILES string of the molecule is COc1c(C)cnc(CN2CCC[C@H]2c2nc(C(=O)NC3CC3)no2)c1C. The first-order valence-electron chi connectivity index (χ1n) is 9.44. The zero-order valence-corrected chi connectivity index (χ0v) is 16.0. The smallest absolute Gasteiger partial charge is 0.292 e. The van der Waals surface area contributed by atoms with Crippen molar-refractivity contribution in [1.82, 2.24) is 25.3 Å². The Labute approximate surface area is 158 Å². The number of methoxy groups -OCH3 is 1. The van der Waals surface area contributed by atoms with Gasteiger partial charge in [-0.2, -0.15) is 4.98 Å². The molecule has 1 N–H and O–H groups in total. The van der Waals surface area contributed by atoms with E-state index in [0.29, 0.717) is 12.4 Å². The summed E-state index contributed by atoms with van der Waals surface area (Å²) in [6.07, 6.45) is 5.87. The maximum atomic E-state index is 12.1. The highest BCUT2D eigenvalue weighted by molar-refractivity contribution is 5.90. The van der Waals surface area contributed by atoms with Crippen molar-refractivity contribution in [2.45, 2.75) is 58.2 Å². The number of hydrogen-bond donors (Lipinski definition) is 1. The maximum absolute atomic E-state index is 12.1. The number of carbonyl (C=O) groups excluding carboxylic acids is 1. The number of ether oxygens (including phenoxy) is 1. The number of hydrogen-bond acceptors (Lipinski definition) is 7. The van der Waals surface area contributed by atoms with Gasteiger partial charge in [-0.3, -0.25) is 14.7 Å². The number of likely N-dealkylation sites (tertiary alicyclic amines) is 1. The Balaban J connectivity index is 1.50. The van der Waals surface area contributed by atoms with E-state index in [1.807, 2.05) is 20.0 Å². The van der Waals surface area contributed by atoms with E-state index < -0.39 is 0 Å². The minimum Gasteiger partial charge on any atom is -0.496 e. The van der Waals surface area contributed by atoms with Gasteiger partial charge >= 0.3 is 0 Å². The van der Waals surface area contributed by atoms with E-state index in [0.717, 1.165) is 54.8 Å². The lowest BCUT2D eigenvalue weighted by atomic mass is 10.1. The highest BCUT2D eigenvalue weighted by Gasteiger charge is 2.33. The second kappa shape index (κ2) is 7.26. The first kappa shape index (κ1) is 17.9. The normalized spacial score (nSPS) is 20.0. The van der Waals surface area contributed by atoms with Gasteiger partial charge in [0, 0.05) is 29.9 Å². The van der Waals surface area contributed by atoms with Crippen LogP contribution in [0.2, 0.25) is 0 Å². The van der Waals surface area contributed by atoms with Gasteiger partial charge in [0.15, 0.2) is 0 Å². The third-order valence-corrected chi connectivity index (χ3v) is 5.31. The summed E-state index contributed by atoms with van der Waals surface area (Å²) in [5, 5.41) is 6.77. The number of rotatable bonds is 6. The number of carbonyl (C=O) groups is 1. The fourth-order valence-corrected chi connectivity index (χ4v) is 3.66. The topological polar surface area (TPSA) is 93.4 Å². The van der Waals surface area contributed by atoms with Crippen LogP contribution in [0, 0.1) is 13.8 Å². The zero-order chi connectivity index (χ0) is 19.0. The summed E-state index contributed by atoms with van der Waals surface area (Å²) in [5.41, 5.74) is 3.06. The molecule has 144 valence electrons. The standard InChI is InChI=1S/C19H25N5O3/c1-11-9-20-14(12(2)16(11)26-3)10-24-8-4-5-15(24)19-22-17(23-27-19)18(25)21-13-6-7-13/h9,13,15H,4-8,10H2,1-3H3,(H,21,25)/t15-/m0/s1. The van der Waals surface area contributed by atoms with E-state index in [1.54, 1.807) is 7.11 Å². The van der Waals surface area contributed by atoms with E-state index in [-0.39, 0.29) is 23.8 Å². The molecule has 2 aromatic rings. The number of aryl methyl sites for hydroxylation is 1. The van der Waals surface area contributed by atoms with Crippen molar-refractivity contribution in [3.8, 4) is 5.75 Å². The Morgan fingerprint density at radius 2 is 2.19 bits per heavy atom. The highest BCUT2D eigenvalue weighted by atomic mass is 16.5. The van der Waals surface area contributed by atoms with Crippen LogP contribution in [-0.2, 0) is 6.54 Å². The molecule has 3 heterocycles. The van der Waals surface area contributed by atoms with Crippen LogP contribution in [0.1, 0.15) is 65.1 Å². The summed E-state index contributed by atoms with van der Waals surface area (Å²) < 4.78 is 10.9. The molecule has 0 bridgehead atoms. The molecular weight excluding hydrogens is 346 g/mol. The van der Waals surface area contributed by atoms with E-state index in [4.69, 9.17) is 9.26 Å². The molecule has 1 aliphatic carbocycles. The molecule has 8 nitrogen and oxygen atoms in total. The molecule has 1 saturated carbocycles. The number of amides is 1. The van der Waals surface area contributed by atoms with Crippen molar-refractivity contribution in [1.29, 1.82) is 0 Å². The van der Waals surface area contributed by atoms with Crippen molar-refractivity contribution in [2.75, 3.05) is 13.7 Å². The summed E-state index contributed by atoms with van der Waals surface area (Å²) in [5.74, 6) is 1.26. The number of nitrogens with zero attached hydrogens (tertiary/aromatic N) is 4. The van der Waals surface area contributed by atoms with Crippen molar-refractivity contribution >= 4 is 5.91 Å². The minimum atomic E-state index is -0.252. The summed E-state index contributed by atoms with van der Waals surface area (Å²) in [4.78, 5) is 23.3. The number of aromatic nitrogens is 3. The van der Waals surface area contributed by atoms with Crippen LogP contribution in [0.5, 0.6) is 5.75 Å².